The number of hydrogen-bond acceptors (Lipinski definition) is 2. The van der Waals surface area contributed by atoms with Crippen LogP contribution in [-0.2, 0) is 10.7 Å². The van der Waals surface area contributed by atoms with Crippen LogP contribution in [0.2, 0.25) is 0 Å². The number of rotatable bonds is 2. The van der Waals surface area contributed by atoms with Crippen molar-refractivity contribution >= 4 is 18.4 Å². The normalized spacial score (nSPS) is 11.9. The zero-order valence-electron chi connectivity index (χ0n) is 8.37. The van der Waals surface area contributed by atoms with Gasteiger partial charge in [-0.05, 0) is 16.8 Å². The summed E-state index contributed by atoms with van der Waals surface area (Å²) in [6, 6.07) is 10.3. The molecule has 3 N–H and O–H groups in total. The summed E-state index contributed by atoms with van der Waals surface area (Å²) in [6.07, 6.45) is -0.444. The maximum atomic E-state index is 11.0. The fourth-order valence-corrected chi connectivity index (χ4v) is 2.44. The number of fused-ring (bicyclic) bond motifs is 1. The molecule has 0 amide bonds. The molecule has 0 spiro atoms. The van der Waals surface area contributed by atoms with Crippen molar-refractivity contribution in [2.24, 2.45) is 0 Å². The second-order valence-corrected chi connectivity index (χ2v) is 5.25. The Balaban J connectivity index is 2.66. The zero-order valence-corrected chi connectivity index (χ0v) is 9.26. The summed E-state index contributed by atoms with van der Waals surface area (Å²) in [7, 11) is -4.18. The number of benzene rings is 2. The van der Waals surface area contributed by atoms with E-state index in [0.717, 1.165) is 5.39 Å². The number of aromatic hydroxyl groups is 1. The van der Waals surface area contributed by atoms with Crippen molar-refractivity contribution in [2.75, 3.05) is 0 Å². The van der Waals surface area contributed by atoms with E-state index >= 15 is 0 Å². The Labute approximate surface area is 92.3 Å². The topological polar surface area (TPSA) is 77.8 Å². The second kappa shape index (κ2) is 3.91. The van der Waals surface area contributed by atoms with Crippen LogP contribution in [0.15, 0.2) is 36.4 Å². The first-order chi connectivity index (χ1) is 7.47. The molecule has 0 saturated carbocycles. The van der Waals surface area contributed by atoms with E-state index in [1.807, 2.05) is 12.1 Å². The molecule has 0 atom stereocenters. The van der Waals surface area contributed by atoms with Crippen LogP contribution in [-0.4, -0.2) is 14.9 Å². The molecule has 2 aromatic rings. The number of hydrogen-bond donors (Lipinski definition) is 3. The van der Waals surface area contributed by atoms with Crippen LogP contribution in [0.3, 0.4) is 0 Å². The van der Waals surface area contributed by atoms with Crippen LogP contribution >= 0.6 is 7.60 Å². The van der Waals surface area contributed by atoms with E-state index in [4.69, 9.17) is 9.79 Å². The molecule has 0 fully saturated rings. The third-order valence-electron chi connectivity index (χ3n) is 2.38. The lowest BCUT2D eigenvalue weighted by Crippen LogP contribution is -1.90. The maximum absolute atomic E-state index is 11.0. The SMILES string of the molecule is O=P(O)(O)Cc1c(O)ccc2ccccc12. The molecule has 4 nitrogen and oxygen atoms in total. The van der Waals surface area contributed by atoms with Crippen LogP contribution in [0.25, 0.3) is 10.8 Å². The van der Waals surface area contributed by atoms with E-state index in [1.165, 1.54) is 6.07 Å². The van der Waals surface area contributed by atoms with Crippen LogP contribution < -0.4 is 0 Å². The molecule has 5 heteroatoms. The average Bonchev–Trinajstić information content (AvgIpc) is 2.21. The summed E-state index contributed by atoms with van der Waals surface area (Å²) in [6.45, 7) is 0. The molecule has 84 valence electrons. The van der Waals surface area contributed by atoms with Gasteiger partial charge in [-0.1, -0.05) is 30.3 Å². The van der Waals surface area contributed by atoms with Crippen molar-refractivity contribution in [3.63, 3.8) is 0 Å². The van der Waals surface area contributed by atoms with Crippen LogP contribution in [0, 0.1) is 0 Å². The monoisotopic (exact) mass is 238 g/mol. The highest BCUT2D eigenvalue weighted by Crippen LogP contribution is 2.43. The number of phenolic OH excluding ortho intramolecular Hbond substituents is 1. The quantitative estimate of drug-likeness (QED) is 0.701. The van der Waals surface area contributed by atoms with Gasteiger partial charge in [0.25, 0.3) is 0 Å². The minimum Gasteiger partial charge on any atom is -0.508 e. The third-order valence-corrected chi connectivity index (χ3v) is 3.11. The third kappa shape index (κ3) is 2.25. The molecule has 0 radical (unpaired) electrons. The molecule has 0 saturated heterocycles. The van der Waals surface area contributed by atoms with Gasteiger partial charge in [0.2, 0.25) is 0 Å². The van der Waals surface area contributed by atoms with E-state index in [-0.39, 0.29) is 5.75 Å². The molecule has 0 unspecified atom stereocenters. The van der Waals surface area contributed by atoms with Crippen molar-refractivity contribution in [1.82, 2.24) is 0 Å². The van der Waals surface area contributed by atoms with Gasteiger partial charge in [-0.25, -0.2) is 0 Å². The largest absolute Gasteiger partial charge is 0.508 e. The van der Waals surface area contributed by atoms with Crippen molar-refractivity contribution in [3.8, 4) is 5.75 Å². The van der Waals surface area contributed by atoms with Crippen LogP contribution in [0.4, 0.5) is 0 Å². The van der Waals surface area contributed by atoms with Gasteiger partial charge in [0.15, 0.2) is 0 Å². The molecule has 2 aromatic carbocycles. The van der Waals surface area contributed by atoms with E-state index in [0.29, 0.717) is 10.9 Å². The fraction of sp³-hybridized carbons (Fsp3) is 0.0909. The standard InChI is InChI=1S/C11H11O4P/c12-11-6-5-8-3-1-2-4-9(8)10(11)7-16(13,14)15/h1-6,12H,7H2,(H2,13,14,15). The molecule has 16 heavy (non-hydrogen) atoms. The van der Waals surface area contributed by atoms with Crippen LogP contribution in [0.1, 0.15) is 5.56 Å². The molecule has 0 heterocycles. The van der Waals surface area contributed by atoms with E-state index in [1.54, 1.807) is 18.2 Å². The highest BCUT2D eigenvalue weighted by atomic mass is 31.2. The Morgan fingerprint density at radius 1 is 1.06 bits per heavy atom. The van der Waals surface area contributed by atoms with Crippen LogP contribution in [0.5, 0.6) is 5.75 Å². The lowest BCUT2D eigenvalue weighted by Gasteiger charge is -2.09. The predicted octanol–water partition coefficient (Wildman–Crippen LogP) is 2.22. The molecule has 0 bridgehead atoms. The van der Waals surface area contributed by atoms with Crippen molar-refractivity contribution in [1.29, 1.82) is 0 Å². The average molecular weight is 238 g/mol. The Morgan fingerprint density at radius 2 is 1.75 bits per heavy atom. The Bertz CT molecular complexity index is 573. The molecule has 0 aliphatic carbocycles. The molecule has 0 aliphatic heterocycles. The van der Waals surface area contributed by atoms with Gasteiger partial charge in [0, 0.05) is 5.56 Å². The zero-order chi connectivity index (χ0) is 11.8. The van der Waals surface area contributed by atoms with Gasteiger partial charge in [-0.3, -0.25) is 4.57 Å². The van der Waals surface area contributed by atoms with Gasteiger partial charge in [-0.15, -0.1) is 0 Å². The molecular weight excluding hydrogens is 227 g/mol. The van der Waals surface area contributed by atoms with Gasteiger partial charge >= 0.3 is 7.60 Å². The Kier molecular flexibility index (Phi) is 2.72. The first kappa shape index (κ1) is 11.1. The Morgan fingerprint density at radius 3 is 2.44 bits per heavy atom. The lowest BCUT2D eigenvalue weighted by molar-refractivity contribution is 0.370. The summed E-state index contributed by atoms with van der Waals surface area (Å²) in [5.74, 6) is -0.0815. The predicted molar refractivity (Wildman–Crippen MR) is 61.4 cm³/mol. The van der Waals surface area contributed by atoms with Gasteiger partial charge in [0.1, 0.15) is 5.75 Å². The fourth-order valence-electron chi connectivity index (χ4n) is 1.70. The second-order valence-electron chi connectivity index (χ2n) is 3.61. The molecule has 0 aromatic heterocycles. The molecule has 0 aliphatic rings. The molecular formula is C11H11O4P. The highest BCUT2D eigenvalue weighted by Gasteiger charge is 2.18. The van der Waals surface area contributed by atoms with Gasteiger partial charge < -0.3 is 14.9 Å². The van der Waals surface area contributed by atoms with Gasteiger partial charge in [0.05, 0.1) is 6.16 Å². The van der Waals surface area contributed by atoms with Gasteiger partial charge in [-0.2, -0.15) is 0 Å². The molecule has 2 rings (SSSR count). The van der Waals surface area contributed by atoms with Crippen molar-refractivity contribution in [2.45, 2.75) is 6.16 Å². The Hall–Kier alpha value is -1.35. The first-order valence-electron chi connectivity index (χ1n) is 4.71. The summed E-state index contributed by atoms with van der Waals surface area (Å²) >= 11 is 0. The van der Waals surface area contributed by atoms with E-state index < -0.39 is 13.8 Å². The van der Waals surface area contributed by atoms with E-state index in [2.05, 4.69) is 0 Å². The number of phenols is 1. The van der Waals surface area contributed by atoms with Crippen molar-refractivity contribution in [3.05, 3.63) is 42.0 Å². The minimum absolute atomic E-state index is 0.0815. The summed E-state index contributed by atoms with van der Waals surface area (Å²) in [5, 5.41) is 11.2. The first-order valence-corrected chi connectivity index (χ1v) is 6.51. The van der Waals surface area contributed by atoms with E-state index in [9.17, 15) is 9.67 Å². The maximum Gasteiger partial charge on any atom is 0.330 e. The highest BCUT2D eigenvalue weighted by molar-refractivity contribution is 7.50. The smallest absolute Gasteiger partial charge is 0.330 e. The lowest BCUT2D eigenvalue weighted by atomic mass is 10.0. The summed E-state index contributed by atoms with van der Waals surface area (Å²) in [5.41, 5.74) is 0.298. The summed E-state index contributed by atoms with van der Waals surface area (Å²) in [4.78, 5) is 17.9. The van der Waals surface area contributed by atoms with Crippen molar-refractivity contribution < 1.29 is 19.5 Å². The minimum atomic E-state index is -4.18. The summed E-state index contributed by atoms with van der Waals surface area (Å²) < 4.78 is 11.0.